The van der Waals surface area contributed by atoms with E-state index in [-0.39, 0.29) is 18.1 Å². The molecule has 0 aliphatic rings. The third kappa shape index (κ3) is 7.10. The average Bonchev–Trinajstić information content (AvgIpc) is 2.68. The van der Waals surface area contributed by atoms with Crippen molar-refractivity contribution in [3.8, 4) is 0 Å². The first kappa shape index (κ1) is 20.4. The monoisotopic (exact) mass is 390 g/mol. The van der Waals surface area contributed by atoms with Gasteiger partial charge in [-0.1, -0.05) is 0 Å². The van der Waals surface area contributed by atoms with Gasteiger partial charge in [0, 0.05) is 28.9 Å². The molecule has 0 radical (unpaired) electrons. The Balaban J connectivity index is 1.67. The van der Waals surface area contributed by atoms with Crippen molar-refractivity contribution < 1.29 is 23.5 Å². The highest BCUT2D eigenvalue weighted by molar-refractivity contribution is 7.99. The molecule has 6 nitrogen and oxygen atoms in total. The first-order valence-corrected chi connectivity index (χ1v) is 9.12. The number of hydrogen-bond donors (Lipinski definition) is 2. The molecule has 8 heteroatoms. The molecule has 142 valence electrons. The summed E-state index contributed by atoms with van der Waals surface area (Å²) in [5.41, 5.74) is 0.969. The first-order chi connectivity index (χ1) is 13.0. The van der Waals surface area contributed by atoms with Gasteiger partial charge < -0.3 is 15.4 Å². The minimum Gasteiger partial charge on any atom is -0.456 e. The minimum absolute atomic E-state index is 0.135. The zero-order valence-electron chi connectivity index (χ0n) is 14.7. The Morgan fingerprint density at radius 3 is 2.33 bits per heavy atom. The van der Waals surface area contributed by atoms with Gasteiger partial charge in [-0.05, 0) is 48.5 Å². The smallest absolute Gasteiger partial charge is 0.307 e. The number of amides is 2. The SMILES string of the molecule is CNC(=O)c1ccc(NC(=O)COC(=O)CCSc2ccc(F)cc2)cc1. The molecule has 0 spiro atoms. The van der Waals surface area contributed by atoms with Gasteiger partial charge in [0.25, 0.3) is 11.8 Å². The molecule has 2 aromatic rings. The van der Waals surface area contributed by atoms with Crippen molar-refractivity contribution in [3.63, 3.8) is 0 Å². The van der Waals surface area contributed by atoms with Crippen LogP contribution in [0.2, 0.25) is 0 Å². The topological polar surface area (TPSA) is 84.5 Å². The molecule has 0 aliphatic heterocycles. The number of carbonyl (C=O) groups is 3. The van der Waals surface area contributed by atoms with Gasteiger partial charge in [-0.2, -0.15) is 0 Å². The fraction of sp³-hybridized carbons (Fsp3) is 0.211. The molecule has 2 rings (SSSR count). The fourth-order valence-corrected chi connectivity index (χ4v) is 2.88. The number of esters is 1. The summed E-state index contributed by atoms with van der Waals surface area (Å²) >= 11 is 1.40. The van der Waals surface area contributed by atoms with E-state index in [0.717, 1.165) is 4.90 Å². The van der Waals surface area contributed by atoms with Crippen LogP contribution < -0.4 is 10.6 Å². The van der Waals surface area contributed by atoms with Gasteiger partial charge >= 0.3 is 5.97 Å². The average molecular weight is 390 g/mol. The zero-order chi connectivity index (χ0) is 19.6. The molecule has 0 bridgehead atoms. The van der Waals surface area contributed by atoms with Crippen molar-refractivity contribution in [2.45, 2.75) is 11.3 Å². The van der Waals surface area contributed by atoms with Gasteiger partial charge in [0.2, 0.25) is 0 Å². The van der Waals surface area contributed by atoms with Crippen LogP contribution in [-0.4, -0.2) is 37.2 Å². The third-order valence-electron chi connectivity index (χ3n) is 3.41. The summed E-state index contributed by atoms with van der Waals surface area (Å²) in [7, 11) is 1.53. The summed E-state index contributed by atoms with van der Waals surface area (Å²) in [5.74, 6) is -1.03. The molecule has 2 aromatic carbocycles. The van der Waals surface area contributed by atoms with Gasteiger partial charge in [0.05, 0.1) is 6.42 Å². The lowest BCUT2D eigenvalue weighted by molar-refractivity contribution is -0.146. The summed E-state index contributed by atoms with van der Waals surface area (Å²) in [5, 5.41) is 5.08. The van der Waals surface area contributed by atoms with Crippen molar-refractivity contribution in [1.29, 1.82) is 0 Å². The normalized spacial score (nSPS) is 10.1. The van der Waals surface area contributed by atoms with Crippen LogP contribution in [0.5, 0.6) is 0 Å². The Hall–Kier alpha value is -2.87. The summed E-state index contributed by atoms with van der Waals surface area (Å²) in [6.45, 7) is -0.392. The number of carbonyl (C=O) groups excluding carboxylic acids is 3. The second-order valence-corrected chi connectivity index (χ2v) is 6.59. The molecule has 0 saturated carbocycles. The predicted molar refractivity (Wildman–Crippen MR) is 101 cm³/mol. The Kier molecular flexibility index (Phi) is 7.81. The molecule has 27 heavy (non-hydrogen) atoms. The summed E-state index contributed by atoms with van der Waals surface area (Å²) in [4.78, 5) is 35.8. The maximum absolute atomic E-state index is 12.8. The highest BCUT2D eigenvalue weighted by Gasteiger charge is 2.09. The number of ether oxygens (including phenoxy) is 1. The number of thioether (sulfide) groups is 1. The molecule has 0 aliphatic carbocycles. The van der Waals surface area contributed by atoms with E-state index in [4.69, 9.17) is 4.74 Å². The quantitative estimate of drug-likeness (QED) is 0.535. The van der Waals surface area contributed by atoms with Crippen molar-refractivity contribution in [1.82, 2.24) is 5.32 Å². The highest BCUT2D eigenvalue weighted by Crippen LogP contribution is 2.19. The summed E-state index contributed by atoms with van der Waals surface area (Å²) < 4.78 is 17.7. The maximum atomic E-state index is 12.8. The predicted octanol–water partition coefficient (Wildman–Crippen LogP) is 2.85. The van der Waals surface area contributed by atoms with Crippen LogP contribution in [0, 0.1) is 5.82 Å². The van der Waals surface area contributed by atoms with E-state index in [1.54, 1.807) is 36.4 Å². The summed E-state index contributed by atoms with van der Waals surface area (Å²) in [6, 6.07) is 12.3. The summed E-state index contributed by atoms with van der Waals surface area (Å²) in [6.07, 6.45) is 0.135. The second kappa shape index (κ2) is 10.3. The van der Waals surface area contributed by atoms with Crippen molar-refractivity contribution in [3.05, 3.63) is 59.9 Å². The molecule has 0 saturated heterocycles. The lowest BCUT2D eigenvalue weighted by Gasteiger charge is -2.07. The van der Waals surface area contributed by atoms with E-state index in [1.807, 2.05) is 0 Å². The molecule has 0 aromatic heterocycles. The molecule has 0 atom stereocenters. The first-order valence-electron chi connectivity index (χ1n) is 8.14. The third-order valence-corrected chi connectivity index (χ3v) is 4.42. The zero-order valence-corrected chi connectivity index (χ0v) is 15.5. The van der Waals surface area contributed by atoms with E-state index < -0.39 is 18.5 Å². The fourth-order valence-electron chi connectivity index (χ4n) is 2.05. The van der Waals surface area contributed by atoms with Gasteiger partial charge in [0.1, 0.15) is 5.82 Å². The number of nitrogens with one attached hydrogen (secondary N) is 2. The minimum atomic E-state index is -0.491. The molecule has 0 fully saturated rings. The number of benzene rings is 2. The van der Waals surface area contributed by atoms with Crippen LogP contribution in [-0.2, 0) is 14.3 Å². The lowest BCUT2D eigenvalue weighted by atomic mass is 10.2. The van der Waals surface area contributed by atoms with E-state index in [0.29, 0.717) is 17.0 Å². The number of halogens is 1. The molecule has 2 amide bonds. The Labute approximate surface area is 160 Å². The van der Waals surface area contributed by atoms with Crippen molar-refractivity contribution in [2.75, 3.05) is 24.7 Å². The molecule has 0 heterocycles. The number of hydrogen-bond acceptors (Lipinski definition) is 5. The van der Waals surface area contributed by atoms with E-state index in [9.17, 15) is 18.8 Å². The lowest BCUT2D eigenvalue weighted by Crippen LogP contribution is -2.21. The standard InChI is InChI=1S/C19H19FN2O4S/c1-21-19(25)13-2-6-15(7-3-13)22-17(23)12-26-18(24)10-11-27-16-8-4-14(20)5-9-16/h2-9H,10-12H2,1H3,(H,21,25)(H,22,23). The van der Waals surface area contributed by atoms with E-state index >= 15 is 0 Å². The van der Waals surface area contributed by atoms with Gasteiger partial charge in [0.15, 0.2) is 6.61 Å². The van der Waals surface area contributed by atoms with Crippen LogP contribution in [0.4, 0.5) is 10.1 Å². The van der Waals surface area contributed by atoms with Gasteiger partial charge in [-0.15, -0.1) is 11.8 Å². The molecular weight excluding hydrogens is 371 g/mol. The van der Waals surface area contributed by atoms with E-state index in [2.05, 4.69) is 10.6 Å². The van der Waals surface area contributed by atoms with Crippen LogP contribution in [0.25, 0.3) is 0 Å². The van der Waals surface area contributed by atoms with Crippen molar-refractivity contribution in [2.24, 2.45) is 0 Å². The number of rotatable bonds is 8. The Bertz CT molecular complexity index is 794. The van der Waals surface area contributed by atoms with Gasteiger partial charge in [-0.3, -0.25) is 14.4 Å². The van der Waals surface area contributed by atoms with E-state index in [1.165, 1.54) is 30.9 Å². The molecular formula is C19H19FN2O4S. The Morgan fingerprint density at radius 1 is 1.04 bits per heavy atom. The number of anilines is 1. The second-order valence-electron chi connectivity index (χ2n) is 5.42. The highest BCUT2D eigenvalue weighted by atomic mass is 32.2. The van der Waals surface area contributed by atoms with Crippen LogP contribution in [0.15, 0.2) is 53.4 Å². The van der Waals surface area contributed by atoms with Crippen LogP contribution >= 0.6 is 11.8 Å². The maximum Gasteiger partial charge on any atom is 0.307 e. The van der Waals surface area contributed by atoms with Gasteiger partial charge in [-0.25, -0.2) is 4.39 Å². The Morgan fingerprint density at radius 2 is 1.70 bits per heavy atom. The van der Waals surface area contributed by atoms with Crippen LogP contribution in [0.1, 0.15) is 16.8 Å². The molecule has 0 unspecified atom stereocenters. The largest absolute Gasteiger partial charge is 0.456 e. The van der Waals surface area contributed by atoms with Crippen LogP contribution in [0.3, 0.4) is 0 Å². The van der Waals surface area contributed by atoms with Crippen molar-refractivity contribution >= 4 is 35.2 Å². The molecule has 2 N–H and O–H groups in total.